The van der Waals surface area contributed by atoms with Gasteiger partial charge >= 0.3 is 0 Å². The van der Waals surface area contributed by atoms with Gasteiger partial charge in [-0.2, -0.15) is 0 Å². The number of aliphatic hydroxyl groups is 1. The minimum Gasteiger partial charge on any atom is -0.385 e. The van der Waals surface area contributed by atoms with Crippen molar-refractivity contribution in [3.8, 4) is 0 Å². The van der Waals surface area contributed by atoms with Gasteiger partial charge in [0.2, 0.25) is 0 Å². The molecule has 0 aromatic heterocycles. The van der Waals surface area contributed by atoms with Crippen molar-refractivity contribution in [2.24, 2.45) is 0 Å². The van der Waals surface area contributed by atoms with Crippen molar-refractivity contribution in [2.75, 3.05) is 0 Å². The van der Waals surface area contributed by atoms with Crippen LogP contribution in [0.2, 0.25) is 0 Å². The Hall–Kier alpha value is -1.41. The Morgan fingerprint density at radius 1 is 1.27 bits per heavy atom. The summed E-state index contributed by atoms with van der Waals surface area (Å²) in [4.78, 5) is 10.6. The molecular formula is C13H14O2. The van der Waals surface area contributed by atoms with Gasteiger partial charge in [0.15, 0.2) is 0 Å². The molecule has 78 valence electrons. The molecule has 1 aliphatic rings. The summed E-state index contributed by atoms with van der Waals surface area (Å²) in [7, 11) is 0. The number of carbonyl (C=O) groups excluding carboxylic acids is 1. The fourth-order valence-corrected chi connectivity index (χ4v) is 1.99. The molecular weight excluding hydrogens is 188 g/mol. The van der Waals surface area contributed by atoms with Crippen LogP contribution in [0.25, 0.3) is 5.57 Å². The Morgan fingerprint density at radius 2 is 1.93 bits per heavy atom. The van der Waals surface area contributed by atoms with E-state index in [0.717, 1.165) is 36.7 Å². The standard InChI is InChI=1S/C13H14O2/c14-10-7-12(13(15)8-4-9-13)11-5-2-1-3-6-11/h1-3,5-7,10,15H,4,8-9H2/b12-7+. The van der Waals surface area contributed by atoms with E-state index in [1.54, 1.807) is 0 Å². The highest BCUT2D eigenvalue weighted by Crippen LogP contribution is 2.42. The van der Waals surface area contributed by atoms with Crippen LogP contribution in [-0.2, 0) is 4.79 Å². The highest BCUT2D eigenvalue weighted by molar-refractivity contribution is 5.85. The Kier molecular flexibility index (Phi) is 2.69. The highest BCUT2D eigenvalue weighted by Gasteiger charge is 2.38. The third-order valence-electron chi connectivity index (χ3n) is 3.00. The van der Waals surface area contributed by atoms with Crippen LogP contribution in [0.4, 0.5) is 0 Å². The van der Waals surface area contributed by atoms with Crippen molar-refractivity contribution in [1.29, 1.82) is 0 Å². The van der Waals surface area contributed by atoms with Crippen LogP contribution in [0.1, 0.15) is 24.8 Å². The fourth-order valence-electron chi connectivity index (χ4n) is 1.99. The average Bonchev–Trinajstić information content (AvgIpc) is 2.24. The van der Waals surface area contributed by atoms with Crippen LogP contribution in [0.3, 0.4) is 0 Å². The van der Waals surface area contributed by atoms with E-state index in [-0.39, 0.29) is 0 Å². The van der Waals surface area contributed by atoms with Gasteiger partial charge in [0.25, 0.3) is 0 Å². The quantitative estimate of drug-likeness (QED) is 0.602. The predicted octanol–water partition coefficient (Wildman–Crippen LogP) is 2.18. The largest absolute Gasteiger partial charge is 0.385 e. The smallest absolute Gasteiger partial charge is 0.143 e. The molecule has 0 aliphatic heterocycles. The molecule has 1 aliphatic carbocycles. The van der Waals surface area contributed by atoms with Gasteiger partial charge in [-0.3, -0.25) is 4.79 Å². The van der Waals surface area contributed by atoms with Gasteiger partial charge in [-0.1, -0.05) is 30.3 Å². The summed E-state index contributed by atoms with van der Waals surface area (Å²) in [6, 6.07) is 9.59. The lowest BCUT2D eigenvalue weighted by Crippen LogP contribution is -2.38. The summed E-state index contributed by atoms with van der Waals surface area (Å²) in [5.41, 5.74) is 0.915. The number of allylic oxidation sites excluding steroid dienone is 1. The first-order valence-corrected chi connectivity index (χ1v) is 5.20. The molecule has 1 fully saturated rings. The summed E-state index contributed by atoms with van der Waals surface area (Å²) in [5, 5.41) is 10.2. The van der Waals surface area contributed by atoms with Gasteiger partial charge in [0, 0.05) is 0 Å². The average molecular weight is 202 g/mol. The summed E-state index contributed by atoms with van der Waals surface area (Å²) in [6.07, 6.45) is 4.76. The lowest BCUT2D eigenvalue weighted by atomic mass is 9.72. The van der Waals surface area contributed by atoms with Crippen LogP contribution >= 0.6 is 0 Å². The molecule has 2 rings (SSSR count). The lowest BCUT2D eigenvalue weighted by molar-refractivity contribution is -0.104. The lowest BCUT2D eigenvalue weighted by Gasteiger charge is -2.39. The van der Waals surface area contributed by atoms with E-state index in [1.807, 2.05) is 30.3 Å². The zero-order valence-electron chi connectivity index (χ0n) is 8.52. The van der Waals surface area contributed by atoms with Crippen LogP contribution < -0.4 is 0 Å². The fraction of sp³-hybridized carbons (Fsp3) is 0.308. The number of hydrogen-bond acceptors (Lipinski definition) is 2. The van der Waals surface area contributed by atoms with Gasteiger partial charge < -0.3 is 5.11 Å². The zero-order chi connectivity index (χ0) is 10.7. The van der Waals surface area contributed by atoms with Crippen LogP contribution in [0.5, 0.6) is 0 Å². The maximum Gasteiger partial charge on any atom is 0.143 e. The Morgan fingerprint density at radius 3 is 2.40 bits per heavy atom. The molecule has 0 bridgehead atoms. The summed E-state index contributed by atoms with van der Waals surface area (Å²) < 4.78 is 0. The van der Waals surface area contributed by atoms with Gasteiger partial charge in [0.1, 0.15) is 6.29 Å². The highest BCUT2D eigenvalue weighted by atomic mass is 16.3. The molecule has 0 atom stereocenters. The zero-order valence-corrected chi connectivity index (χ0v) is 8.52. The van der Waals surface area contributed by atoms with Crippen molar-refractivity contribution >= 4 is 11.9 Å². The maximum atomic E-state index is 10.6. The van der Waals surface area contributed by atoms with Gasteiger partial charge in [-0.05, 0) is 36.5 Å². The molecule has 1 saturated carbocycles. The maximum absolute atomic E-state index is 10.6. The minimum atomic E-state index is -0.776. The third-order valence-corrected chi connectivity index (χ3v) is 3.00. The molecule has 0 unspecified atom stereocenters. The second-order valence-electron chi connectivity index (χ2n) is 3.97. The van der Waals surface area contributed by atoms with Crippen molar-refractivity contribution < 1.29 is 9.90 Å². The summed E-state index contributed by atoms with van der Waals surface area (Å²) in [6.45, 7) is 0. The third kappa shape index (κ3) is 1.85. The van der Waals surface area contributed by atoms with Crippen molar-refractivity contribution in [1.82, 2.24) is 0 Å². The first-order valence-electron chi connectivity index (χ1n) is 5.20. The number of aldehydes is 1. The molecule has 0 heterocycles. The molecule has 0 radical (unpaired) electrons. The van der Waals surface area contributed by atoms with Gasteiger partial charge in [-0.15, -0.1) is 0 Å². The van der Waals surface area contributed by atoms with E-state index < -0.39 is 5.60 Å². The van der Waals surface area contributed by atoms with Crippen molar-refractivity contribution in [2.45, 2.75) is 24.9 Å². The van der Waals surface area contributed by atoms with Gasteiger partial charge in [0.05, 0.1) is 5.60 Å². The number of hydrogen-bond donors (Lipinski definition) is 1. The second-order valence-corrected chi connectivity index (χ2v) is 3.97. The molecule has 0 spiro atoms. The van der Waals surface area contributed by atoms with Crippen LogP contribution in [0.15, 0.2) is 36.4 Å². The molecule has 1 aromatic carbocycles. The van der Waals surface area contributed by atoms with E-state index in [9.17, 15) is 9.90 Å². The molecule has 0 saturated heterocycles. The summed E-state index contributed by atoms with van der Waals surface area (Å²) >= 11 is 0. The number of rotatable bonds is 3. The predicted molar refractivity (Wildman–Crippen MR) is 59.3 cm³/mol. The van der Waals surface area contributed by atoms with Crippen LogP contribution in [-0.4, -0.2) is 17.0 Å². The SMILES string of the molecule is O=C/C=C(\c1ccccc1)C1(O)CCC1. The molecule has 2 nitrogen and oxygen atoms in total. The van der Waals surface area contributed by atoms with Crippen LogP contribution in [0, 0.1) is 0 Å². The van der Waals surface area contributed by atoms with E-state index in [0.29, 0.717) is 0 Å². The Balaban J connectivity index is 2.37. The Bertz CT molecular complexity index is 375. The van der Waals surface area contributed by atoms with E-state index in [1.165, 1.54) is 6.08 Å². The number of carbonyl (C=O) groups is 1. The van der Waals surface area contributed by atoms with Crippen molar-refractivity contribution in [3.63, 3.8) is 0 Å². The molecule has 2 heteroatoms. The topological polar surface area (TPSA) is 37.3 Å². The van der Waals surface area contributed by atoms with E-state index >= 15 is 0 Å². The van der Waals surface area contributed by atoms with Crippen molar-refractivity contribution in [3.05, 3.63) is 42.0 Å². The van der Waals surface area contributed by atoms with Gasteiger partial charge in [-0.25, -0.2) is 0 Å². The van der Waals surface area contributed by atoms with E-state index in [2.05, 4.69) is 0 Å². The van der Waals surface area contributed by atoms with E-state index in [4.69, 9.17) is 0 Å². The minimum absolute atomic E-state index is 0.749. The Labute approximate surface area is 89.2 Å². The first kappa shape index (κ1) is 10.1. The molecule has 1 N–H and O–H groups in total. The summed E-state index contributed by atoms with van der Waals surface area (Å²) in [5.74, 6) is 0. The number of benzene rings is 1. The first-order chi connectivity index (χ1) is 7.26. The second kappa shape index (κ2) is 3.99. The molecule has 1 aromatic rings. The monoisotopic (exact) mass is 202 g/mol. The molecule has 0 amide bonds. The normalized spacial score (nSPS) is 19.4. The molecule has 15 heavy (non-hydrogen) atoms.